The second-order valence-corrected chi connectivity index (χ2v) is 7.31. The van der Waals surface area contributed by atoms with Gasteiger partial charge < -0.3 is 4.74 Å². The van der Waals surface area contributed by atoms with E-state index in [1.165, 1.54) is 20.3 Å². The highest BCUT2D eigenvalue weighted by atomic mass is 127. The van der Waals surface area contributed by atoms with Gasteiger partial charge in [0.1, 0.15) is 5.75 Å². The summed E-state index contributed by atoms with van der Waals surface area (Å²) in [6.07, 6.45) is 0. The number of benzene rings is 2. The molecule has 1 unspecified atom stereocenters. The lowest BCUT2D eigenvalue weighted by atomic mass is 10.0. The first-order valence-corrected chi connectivity index (χ1v) is 9.14. The Balaban J connectivity index is 2.36. The van der Waals surface area contributed by atoms with Crippen molar-refractivity contribution in [3.05, 3.63) is 61.1 Å². The lowest BCUT2D eigenvalue weighted by molar-refractivity contribution is 0.338. The monoisotopic (exact) mass is 508 g/mol. The third-order valence-electron chi connectivity index (χ3n) is 3.04. The van der Waals surface area contributed by atoms with E-state index in [0.29, 0.717) is 6.61 Å². The van der Waals surface area contributed by atoms with E-state index in [1.807, 2.05) is 13.0 Å². The van der Waals surface area contributed by atoms with Crippen LogP contribution in [0.25, 0.3) is 0 Å². The normalized spacial score (nSPS) is 12.2. The molecule has 0 aliphatic rings. The maximum atomic E-state index is 5.56. The second kappa shape index (κ2) is 7.27. The number of halogens is 3. The highest BCUT2D eigenvalue weighted by Crippen LogP contribution is 2.37. The van der Waals surface area contributed by atoms with Gasteiger partial charge in [0.15, 0.2) is 0 Å². The van der Waals surface area contributed by atoms with E-state index in [2.05, 4.69) is 91.7 Å². The van der Waals surface area contributed by atoms with Gasteiger partial charge in [-0.3, -0.25) is 0 Å². The number of aryl methyl sites for hydroxylation is 1. The molecule has 0 aliphatic heterocycles. The molecule has 0 spiro atoms. The van der Waals surface area contributed by atoms with E-state index < -0.39 is 0 Å². The van der Waals surface area contributed by atoms with Gasteiger partial charge in [0.05, 0.1) is 15.9 Å². The molecule has 0 aliphatic carbocycles. The summed E-state index contributed by atoms with van der Waals surface area (Å²) in [5.41, 5.74) is 3.81. The molecule has 4 heteroatoms. The first-order valence-electron chi connectivity index (χ1n) is 6.36. The molecular formula is C16H15Br2IO. The van der Waals surface area contributed by atoms with Crippen molar-refractivity contribution >= 4 is 54.5 Å². The highest BCUT2D eigenvalue weighted by Gasteiger charge is 2.15. The van der Waals surface area contributed by atoms with Crippen molar-refractivity contribution in [2.24, 2.45) is 0 Å². The molecule has 0 N–H and O–H groups in total. The van der Waals surface area contributed by atoms with Gasteiger partial charge in [-0.05, 0) is 81.2 Å². The maximum absolute atomic E-state index is 5.56. The lowest BCUT2D eigenvalue weighted by Gasteiger charge is -2.16. The standard InChI is InChI=1S/C16H15Br2IO/c1-3-20-14-8-7-11(9-13(14)17)15(18)12-6-4-5-10(2)16(12)19/h4-9,15H,3H2,1-2H3. The fraction of sp³-hybridized carbons (Fsp3) is 0.250. The molecular weight excluding hydrogens is 495 g/mol. The maximum Gasteiger partial charge on any atom is 0.133 e. The SMILES string of the molecule is CCOc1ccc(C(Br)c2cccc(C)c2I)cc1Br. The summed E-state index contributed by atoms with van der Waals surface area (Å²) in [6.45, 7) is 4.80. The Morgan fingerprint density at radius 2 is 2.00 bits per heavy atom. The summed E-state index contributed by atoms with van der Waals surface area (Å²) in [5.74, 6) is 0.884. The van der Waals surface area contributed by atoms with E-state index in [4.69, 9.17) is 4.74 Å². The van der Waals surface area contributed by atoms with Gasteiger partial charge in [0, 0.05) is 3.57 Å². The van der Waals surface area contributed by atoms with E-state index in [0.717, 1.165) is 10.2 Å². The minimum Gasteiger partial charge on any atom is -0.493 e. The Bertz CT molecular complexity index is 613. The van der Waals surface area contributed by atoms with E-state index in [1.54, 1.807) is 0 Å². The molecule has 20 heavy (non-hydrogen) atoms. The topological polar surface area (TPSA) is 9.23 Å². The van der Waals surface area contributed by atoms with Crippen LogP contribution >= 0.6 is 54.5 Å². The zero-order valence-corrected chi connectivity index (χ0v) is 16.6. The Morgan fingerprint density at radius 3 is 2.65 bits per heavy atom. The smallest absolute Gasteiger partial charge is 0.133 e. The van der Waals surface area contributed by atoms with Gasteiger partial charge in [0.2, 0.25) is 0 Å². The molecule has 0 fully saturated rings. The van der Waals surface area contributed by atoms with Gasteiger partial charge >= 0.3 is 0 Å². The first kappa shape index (κ1) is 16.3. The summed E-state index contributed by atoms with van der Waals surface area (Å²) < 4.78 is 7.85. The van der Waals surface area contributed by atoms with Crippen LogP contribution in [0.15, 0.2) is 40.9 Å². The lowest BCUT2D eigenvalue weighted by Crippen LogP contribution is -1.99. The molecule has 2 aromatic carbocycles. The van der Waals surface area contributed by atoms with Crippen LogP contribution in [0.4, 0.5) is 0 Å². The predicted octanol–water partition coefficient (Wildman–Crippen LogP) is 6.25. The van der Waals surface area contributed by atoms with Gasteiger partial charge in [-0.25, -0.2) is 0 Å². The first-order chi connectivity index (χ1) is 9.54. The summed E-state index contributed by atoms with van der Waals surface area (Å²) >= 11 is 9.79. The van der Waals surface area contributed by atoms with E-state index in [9.17, 15) is 0 Å². The Morgan fingerprint density at radius 1 is 1.25 bits per heavy atom. The highest BCUT2D eigenvalue weighted by molar-refractivity contribution is 14.1. The summed E-state index contributed by atoms with van der Waals surface area (Å²) in [7, 11) is 0. The fourth-order valence-corrected chi connectivity index (χ4v) is 4.27. The van der Waals surface area contributed by atoms with Crippen molar-refractivity contribution in [1.82, 2.24) is 0 Å². The molecule has 1 nitrogen and oxygen atoms in total. The predicted molar refractivity (Wildman–Crippen MR) is 100.0 cm³/mol. The van der Waals surface area contributed by atoms with Gasteiger partial charge in [-0.2, -0.15) is 0 Å². The zero-order chi connectivity index (χ0) is 14.7. The number of hydrogen-bond donors (Lipinski definition) is 0. The largest absolute Gasteiger partial charge is 0.493 e. The van der Waals surface area contributed by atoms with Gasteiger partial charge in [0.25, 0.3) is 0 Å². The number of hydrogen-bond acceptors (Lipinski definition) is 1. The summed E-state index contributed by atoms with van der Waals surface area (Å²) in [5, 5.41) is 0. The van der Waals surface area contributed by atoms with Crippen LogP contribution in [0.5, 0.6) is 5.75 Å². The van der Waals surface area contributed by atoms with Crippen LogP contribution in [0.2, 0.25) is 0 Å². The van der Waals surface area contributed by atoms with Crippen molar-refractivity contribution in [3.8, 4) is 5.75 Å². The number of ether oxygens (including phenoxy) is 1. The molecule has 0 bridgehead atoms. The zero-order valence-electron chi connectivity index (χ0n) is 11.3. The minimum absolute atomic E-state index is 0.182. The van der Waals surface area contributed by atoms with Crippen LogP contribution in [-0.4, -0.2) is 6.61 Å². The average Bonchev–Trinajstić information content (AvgIpc) is 2.43. The molecule has 0 heterocycles. The Labute approximate surface area is 150 Å². The molecule has 2 rings (SSSR count). The van der Waals surface area contributed by atoms with Crippen molar-refractivity contribution in [1.29, 1.82) is 0 Å². The summed E-state index contributed by atoms with van der Waals surface area (Å²) in [6, 6.07) is 12.6. The van der Waals surface area contributed by atoms with E-state index >= 15 is 0 Å². The van der Waals surface area contributed by atoms with Gasteiger partial charge in [-0.1, -0.05) is 40.2 Å². The number of rotatable bonds is 4. The van der Waals surface area contributed by atoms with Crippen molar-refractivity contribution in [3.63, 3.8) is 0 Å². The number of alkyl halides is 1. The fourth-order valence-electron chi connectivity index (χ4n) is 1.99. The van der Waals surface area contributed by atoms with Crippen LogP contribution in [0.1, 0.15) is 28.4 Å². The molecule has 0 amide bonds. The molecule has 0 radical (unpaired) electrons. The Kier molecular flexibility index (Phi) is 5.93. The Hall–Kier alpha value is -0.0700. The molecule has 0 saturated heterocycles. The van der Waals surface area contributed by atoms with Crippen LogP contribution in [0, 0.1) is 10.5 Å². The van der Waals surface area contributed by atoms with Crippen molar-refractivity contribution in [2.75, 3.05) is 6.61 Å². The van der Waals surface area contributed by atoms with Gasteiger partial charge in [-0.15, -0.1) is 0 Å². The molecule has 106 valence electrons. The molecule has 2 aromatic rings. The van der Waals surface area contributed by atoms with Crippen LogP contribution in [-0.2, 0) is 0 Å². The second-order valence-electron chi connectivity index (χ2n) is 4.46. The third-order valence-corrected chi connectivity index (χ3v) is 6.16. The minimum atomic E-state index is 0.182. The van der Waals surface area contributed by atoms with E-state index in [-0.39, 0.29) is 4.83 Å². The molecule has 1 atom stereocenters. The summed E-state index contributed by atoms with van der Waals surface area (Å²) in [4.78, 5) is 0.182. The van der Waals surface area contributed by atoms with Crippen molar-refractivity contribution in [2.45, 2.75) is 18.7 Å². The van der Waals surface area contributed by atoms with Crippen molar-refractivity contribution < 1.29 is 4.74 Å². The third kappa shape index (κ3) is 3.57. The average molecular weight is 510 g/mol. The van der Waals surface area contributed by atoms with Crippen LogP contribution < -0.4 is 4.74 Å². The molecule has 0 aromatic heterocycles. The molecule has 0 saturated carbocycles. The van der Waals surface area contributed by atoms with Crippen LogP contribution in [0.3, 0.4) is 0 Å². The quantitative estimate of drug-likeness (QED) is 0.350.